The van der Waals surface area contributed by atoms with Crippen molar-refractivity contribution in [1.29, 1.82) is 0 Å². The lowest BCUT2D eigenvalue weighted by Crippen LogP contribution is -2.29. The summed E-state index contributed by atoms with van der Waals surface area (Å²) in [6.45, 7) is 0.587. The summed E-state index contributed by atoms with van der Waals surface area (Å²) in [4.78, 5) is 19.9. The molecule has 110 valence electrons. The molecule has 1 aromatic heterocycles. The number of nitrogens with zero attached hydrogens (tertiary/aromatic N) is 2. The van der Waals surface area contributed by atoms with Crippen LogP contribution in [0.2, 0.25) is 0 Å². The number of amides is 1. The maximum Gasteiger partial charge on any atom is 0.239 e. The average Bonchev–Trinajstić information content (AvgIpc) is 2.53. The predicted molar refractivity (Wildman–Crippen MR) is 83.1 cm³/mol. The van der Waals surface area contributed by atoms with Gasteiger partial charge in [-0.3, -0.25) is 4.79 Å². The Morgan fingerprint density at radius 2 is 2.10 bits per heavy atom. The third kappa shape index (κ3) is 4.71. The van der Waals surface area contributed by atoms with Gasteiger partial charge in [0, 0.05) is 6.54 Å². The molecular formula is C14H15BrN4O2. The molecule has 0 unspecified atom stereocenters. The number of anilines is 1. The predicted octanol–water partition coefficient (Wildman–Crippen LogP) is 1.98. The molecule has 0 aliphatic carbocycles. The summed E-state index contributed by atoms with van der Waals surface area (Å²) in [6, 6.07) is 9.71. The number of ether oxygens (including phenoxy) is 1. The Balaban J connectivity index is 1.81. The molecule has 0 fully saturated rings. The second-order valence-electron chi connectivity index (χ2n) is 4.17. The Morgan fingerprint density at radius 1 is 1.33 bits per heavy atom. The summed E-state index contributed by atoms with van der Waals surface area (Å²) in [5.41, 5.74) is 1.05. The largest absolute Gasteiger partial charge is 0.480 e. The van der Waals surface area contributed by atoms with Gasteiger partial charge in [-0.2, -0.15) is 4.98 Å². The van der Waals surface area contributed by atoms with Crippen LogP contribution in [0.25, 0.3) is 0 Å². The van der Waals surface area contributed by atoms with Gasteiger partial charge in [0.25, 0.3) is 0 Å². The maximum absolute atomic E-state index is 11.7. The summed E-state index contributed by atoms with van der Waals surface area (Å²) in [5, 5.41) is 5.66. The van der Waals surface area contributed by atoms with Gasteiger partial charge in [0.05, 0.1) is 24.3 Å². The Labute approximate surface area is 131 Å². The van der Waals surface area contributed by atoms with E-state index in [0.717, 1.165) is 5.56 Å². The van der Waals surface area contributed by atoms with Crippen molar-refractivity contribution >= 4 is 27.8 Å². The number of nitrogens with one attached hydrogen (secondary N) is 2. The van der Waals surface area contributed by atoms with Crippen molar-refractivity contribution in [3.63, 3.8) is 0 Å². The van der Waals surface area contributed by atoms with Gasteiger partial charge in [-0.05, 0) is 21.5 Å². The molecule has 0 atom stereocenters. The van der Waals surface area contributed by atoms with Gasteiger partial charge in [0.2, 0.25) is 17.7 Å². The summed E-state index contributed by atoms with van der Waals surface area (Å²) < 4.78 is 5.72. The van der Waals surface area contributed by atoms with E-state index in [1.807, 2.05) is 30.3 Å². The van der Waals surface area contributed by atoms with E-state index in [2.05, 4.69) is 36.5 Å². The van der Waals surface area contributed by atoms with Crippen LogP contribution in [0, 0.1) is 0 Å². The molecule has 0 aliphatic heterocycles. The fraction of sp³-hybridized carbons (Fsp3) is 0.214. The minimum Gasteiger partial charge on any atom is -0.480 e. The Hall–Kier alpha value is -2.15. The molecule has 2 rings (SSSR count). The Kier molecular flexibility index (Phi) is 5.51. The van der Waals surface area contributed by atoms with E-state index in [1.54, 1.807) is 6.20 Å². The smallest absolute Gasteiger partial charge is 0.239 e. The van der Waals surface area contributed by atoms with Crippen LogP contribution in [-0.2, 0) is 11.3 Å². The topological polar surface area (TPSA) is 76.1 Å². The van der Waals surface area contributed by atoms with Crippen molar-refractivity contribution in [2.45, 2.75) is 6.54 Å². The first-order valence-electron chi connectivity index (χ1n) is 6.30. The minimum absolute atomic E-state index is 0.0949. The monoisotopic (exact) mass is 350 g/mol. The van der Waals surface area contributed by atoms with Crippen LogP contribution in [0.1, 0.15) is 5.56 Å². The number of carbonyl (C=O) groups excluding carboxylic acids is 1. The van der Waals surface area contributed by atoms with E-state index < -0.39 is 0 Å². The highest BCUT2D eigenvalue weighted by Gasteiger charge is 2.06. The highest BCUT2D eigenvalue weighted by atomic mass is 79.9. The number of hydrogen-bond acceptors (Lipinski definition) is 5. The Morgan fingerprint density at radius 3 is 2.81 bits per heavy atom. The number of halogens is 1. The molecule has 2 N–H and O–H groups in total. The highest BCUT2D eigenvalue weighted by molar-refractivity contribution is 9.10. The summed E-state index contributed by atoms with van der Waals surface area (Å²) in [7, 11) is 1.52. The fourth-order valence-corrected chi connectivity index (χ4v) is 1.95. The van der Waals surface area contributed by atoms with Crippen LogP contribution in [0.5, 0.6) is 5.88 Å². The molecule has 0 radical (unpaired) electrons. The molecule has 1 amide bonds. The van der Waals surface area contributed by atoms with Crippen molar-refractivity contribution in [1.82, 2.24) is 15.3 Å². The van der Waals surface area contributed by atoms with Crippen molar-refractivity contribution in [3.05, 3.63) is 46.6 Å². The first kappa shape index (κ1) is 15.2. The second kappa shape index (κ2) is 7.58. The van der Waals surface area contributed by atoms with E-state index in [9.17, 15) is 4.79 Å². The zero-order chi connectivity index (χ0) is 15.1. The van der Waals surface area contributed by atoms with Crippen LogP contribution in [0.3, 0.4) is 0 Å². The zero-order valence-electron chi connectivity index (χ0n) is 11.5. The third-order valence-electron chi connectivity index (χ3n) is 2.64. The third-order valence-corrected chi connectivity index (χ3v) is 3.19. The van der Waals surface area contributed by atoms with Crippen molar-refractivity contribution in [2.75, 3.05) is 19.0 Å². The molecule has 2 aromatic rings. The van der Waals surface area contributed by atoms with Crippen LogP contribution >= 0.6 is 15.9 Å². The average molecular weight is 351 g/mol. The number of methoxy groups -OCH3 is 1. The number of aromatic nitrogens is 2. The summed E-state index contributed by atoms with van der Waals surface area (Å²) in [6.07, 6.45) is 1.57. The quantitative estimate of drug-likeness (QED) is 0.832. The van der Waals surface area contributed by atoms with E-state index >= 15 is 0 Å². The SMILES string of the molecule is COc1nc(NCC(=O)NCc2ccccc2)ncc1Br. The molecule has 0 aliphatic rings. The maximum atomic E-state index is 11.7. The fourth-order valence-electron chi connectivity index (χ4n) is 1.60. The van der Waals surface area contributed by atoms with Crippen LogP contribution in [-0.4, -0.2) is 29.5 Å². The molecular weight excluding hydrogens is 336 g/mol. The first-order chi connectivity index (χ1) is 10.2. The van der Waals surface area contributed by atoms with E-state index in [0.29, 0.717) is 22.8 Å². The lowest BCUT2D eigenvalue weighted by atomic mass is 10.2. The normalized spacial score (nSPS) is 10.0. The van der Waals surface area contributed by atoms with Gasteiger partial charge in [0.1, 0.15) is 0 Å². The van der Waals surface area contributed by atoms with Crippen molar-refractivity contribution < 1.29 is 9.53 Å². The van der Waals surface area contributed by atoms with Crippen LogP contribution in [0.15, 0.2) is 41.0 Å². The molecule has 1 heterocycles. The van der Waals surface area contributed by atoms with Gasteiger partial charge in [-0.15, -0.1) is 0 Å². The molecule has 0 bridgehead atoms. The molecule has 0 spiro atoms. The standard InChI is InChI=1S/C14H15BrN4O2/c1-21-13-11(15)8-17-14(19-13)18-9-12(20)16-7-10-5-3-2-4-6-10/h2-6,8H,7,9H2,1H3,(H,16,20)(H,17,18,19). The molecule has 6 nitrogen and oxygen atoms in total. The van der Waals surface area contributed by atoms with Gasteiger partial charge in [-0.25, -0.2) is 4.98 Å². The summed E-state index contributed by atoms with van der Waals surface area (Å²) >= 11 is 3.26. The van der Waals surface area contributed by atoms with Gasteiger partial charge < -0.3 is 15.4 Å². The lowest BCUT2D eigenvalue weighted by molar-refractivity contribution is -0.119. The molecule has 0 saturated carbocycles. The number of carbonyl (C=O) groups is 1. The van der Waals surface area contributed by atoms with Crippen molar-refractivity contribution in [2.24, 2.45) is 0 Å². The van der Waals surface area contributed by atoms with Gasteiger partial charge in [-0.1, -0.05) is 30.3 Å². The zero-order valence-corrected chi connectivity index (χ0v) is 13.1. The van der Waals surface area contributed by atoms with Crippen LogP contribution < -0.4 is 15.4 Å². The number of hydrogen-bond donors (Lipinski definition) is 2. The minimum atomic E-state index is -0.135. The number of rotatable bonds is 6. The number of benzene rings is 1. The van der Waals surface area contributed by atoms with Gasteiger partial charge in [0.15, 0.2) is 0 Å². The highest BCUT2D eigenvalue weighted by Crippen LogP contribution is 2.21. The second-order valence-corrected chi connectivity index (χ2v) is 5.02. The Bertz CT molecular complexity index is 607. The summed E-state index contributed by atoms with van der Waals surface area (Å²) in [5.74, 6) is 0.617. The molecule has 1 aromatic carbocycles. The van der Waals surface area contributed by atoms with Crippen molar-refractivity contribution in [3.8, 4) is 5.88 Å². The molecule has 0 saturated heterocycles. The van der Waals surface area contributed by atoms with E-state index in [4.69, 9.17) is 4.74 Å². The molecule has 21 heavy (non-hydrogen) atoms. The molecule has 7 heteroatoms. The lowest BCUT2D eigenvalue weighted by Gasteiger charge is -2.08. The van der Waals surface area contributed by atoms with E-state index in [-0.39, 0.29) is 12.5 Å². The van der Waals surface area contributed by atoms with Gasteiger partial charge >= 0.3 is 0 Å². The van der Waals surface area contributed by atoms with E-state index in [1.165, 1.54) is 7.11 Å². The first-order valence-corrected chi connectivity index (χ1v) is 7.09. The van der Waals surface area contributed by atoms with Crippen LogP contribution in [0.4, 0.5) is 5.95 Å².